The SMILES string of the molecule is Cc1ccc(CCC2([C@H]3C[C@@H]3C(=O)O)C(=O)N(C(=O)OC(C)(C)C)C(=O)N2C(=O)OC(C)(C)C)cc1. The Morgan fingerprint density at radius 2 is 1.50 bits per heavy atom. The Hall–Kier alpha value is -3.43. The summed E-state index contributed by atoms with van der Waals surface area (Å²) in [5, 5.41) is 9.67. The van der Waals surface area contributed by atoms with E-state index in [0.29, 0.717) is 9.80 Å². The van der Waals surface area contributed by atoms with E-state index >= 15 is 0 Å². The Morgan fingerprint density at radius 1 is 0.972 bits per heavy atom. The van der Waals surface area contributed by atoms with Gasteiger partial charge in [0.05, 0.1) is 5.92 Å². The Morgan fingerprint density at radius 3 is 1.97 bits per heavy atom. The predicted octanol–water partition coefficient (Wildman–Crippen LogP) is 4.52. The van der Waals surface area contributed by atoms with Crippen LogP contribution in [0, 0.1) is 18.8 Å². The molecule has 1 aromatic carbocycles. The zero-order valence-electron chi connectivity index (χ0n) is 21.8. The normalized spacial score (nSPS) is 24.1. The van der Waals surface area contributed by atoms with Crippen molar-refractivity contribution in [3.05, 3.63) is 35.4 Å². The van der Waals surface area contributed by atoms with Gasteiger partial charge in [-0.15, -0.1) is 0 Å². The van der Waals surface area contributed by atoms with Gasteiger partial charge in [-0.05, 0) is 73.3 Å². The summed E-state index contributed by atoms with van der Waals surface area (Å²) in [6.07, 6.45) is -2.09. The highest BCUT2D eigenvalue weighted by Gasteiger charge is 2.72. The van der Waals surface area contributed by atoms with Crippen molar-refractivity contribution in [1.29, 1.82) is 0 Å². The molecule has 1 aromatic rings. The highest BCUT2D eigenvalue weighted by atomic mass is 16.6. The average molecular weight is 503 g/mol. The van der Waals surface area contributed by atoms with Crippen LogP contribution in [0.25, 0.3) is 0 Å². The predicted molar refractivity (Wildman–Crippen MR) is 128 cm³/mol. The van der Waals surface area contributed by atoms with Crippen molar-refractivity contribution in [1.82, 2.24) is 9.80 Å². The second kappa shape index (κ2) is 9.22. The number of hydrogen-bond acceptors (Lipinski definition) is 7. The Bertz CT molecular complexity index is 1080. The van der Waals surface area contributed by atoms with Crippen LogP contribution >= 0.6 is 0 Å². The number of imide groups is 4. The van der Waals surface area contributed by atoms with E-state index in [9.17, 15) is 29.1 Å². The summed E-state index contributed by atoms with van der Waals surface area (Å²) in [6.45, 7) is 11.5. The van der Waals surface area contributed by atoms with E-state index in [0.717, 1.165) is 11.1 Å². The molecule has 2 fully saturated rings. The molecule has 3 atom stereocenters. The zero-order valence-corrected chi connectivity index (χ0v) is 21.8. The van der Waals surface area contributed by atoms with Crippen LogP contribution in [0.15, 0.2) is 24.3 Å². The van der Waals surface area contributed by atoms with E-state index in [-0.39, 0.29) is 19.3 Å². The summed E-state index contributed by atoms with van der Waals surface area (Å²) < 4.78 is 10.7. The van der Waals surface area contributed by atoms with Gasteiger partial charge < -0.3 is 14.6 Å². The number of carbonyl (C=O) groups is 5. The van der Waals surface area contributed by atoms with E-state index in [1.807, 2.05) is 31.2 Å². The summed E-state index contributed by atoms with van der Waals surface area (Å²) in [7, 11) is 0. The first kappa shape index (κ1) is 27.2. The third-order valence-electron chi connectivity index (χ3n) is 6.14. The van der Waals surface area contributed by atoms with Crippen molar-refractivity contribution < 1.29 is 38.6 Å². The lowest BCUT2D eigenvalue weighted by molar-refractivity contribution is -0.140. The maximum atomic E-state index is 13.9. The van der Waals surface area contributed by atoms with Gasteiger partial charge in [-0.3, -0.25) is 9.59 Å². The minimum Gasteiger partial charge on any atom is -0.481 e. The number of benzene rings is 1. The molecule has 3 rings (SSSR count). The number of hydrogen-bond donors (Lipinski definition) is 1. The number of carbonyl (C=O) groups excluding carboxylic acids is 4. The third kappa shape index (κ3) is 5.37. The minimum absolute atomic E-state index is 0.0731. The van der Waals surface area contributed by atoms with Crippen LogP contribution in [-0.2, 0) is 25.5 Å². The molecule has 10 nitrogen and oxygen atoms in total. The van der Waals surface area contributed by atoms with Gasteiger partial charge in [-0.25, -0.2) is 19.3 Å². The third-order valence-corrected chi connectivity index (χ3v) is 6.14. The van der Waals surface area contributed by atoms with Crippen molar-refractivity contribution >= 4 is 30.1 Å². The Labute approximate surface area is 210 Å². The van der Waals surface area contributed by atoms with Crippen LogP contribution < -0.4 is 0 Å². The molecule has 1 N–H and O–H groups in total. The number of aliphatic carboxylic acids is 1. The topological polar surface area (TPSA) is 131 Å². The molecule has 2 aliphatic rings. The van der Waals surface area contributed by atoms with E-state index < -0.39 is 58.7 Å². The molecular weight excluding hydrogens is 468 g/mol. The summed E-state index contributed by atoms with van der Waals surface area (Å²) in [6, 6.07) is 6.28. The molecule has 1 saturated heterocycles. The van der Waals surface area contributed by atoms with Gasteiger partial charge in [0, 0.05) is 5.92 Å². The molecule has 10 heteroatoms. The molecule has 36 heavy (non-hydrogen) atoms. The Kier molecular flexibility index (Phi) is 6.96. The Balaban J connectivity index is 2.11. The van der Waals surface area contributed by atoms with Gasteiger partial charge >= 0.3 is 24.2 Å². The average Bonchev–Trinajstić information content (AvgIpc) is 3.47. The van der Waals surface area contributed by atoms with Gasteiger partial charge in [-0.1, -0.05) is 29.8 Å². The van der Waals surface area contributed by atoms with Crippen LogP contribution in [0.4, 0.5) is 14.4 Å². The molecule has 1 aliphatic carbocycles. The van der Waals surface area contributed by atoms with Crippen LogP contribution in [0.1, 0.15) is 65.5 Å². The van der Waals surface area contributed by atoms with Gasteiger partial charge in [0.1, 0.15) is 16.7 Å². The lowest BCUT2D eigenvalue weighted by Crippen LogP contribution is -2.56. The van der Waals surface area contributed by atoms with E-state index in [4.69, 9.17) is 9.47 Å². The molecule has 0 aromatic heterocycles. The number of amides is 5. The van der Waals surface area contributed by atoms with Gasteiger partial charge in [0.25, 0.3) is 5.91 Å². The van der Waals surface area contributed by atoms with Gasteiger partial charge in [0.2, 0.25) is 0 Å². The molecule has 0 spiro atoms. The largest absolute Gasteiger partial charge is 0.481 e. The van der Waals surface area contributed by atoms with E-state index in [2.05, 4.69) is 0 Å². The van der Waals surface area contributed by atoms with E-state index in [1.165, 1.54) is 0 Å². The first-order valence-electron chi connectivity index (χ1n) is 11.9. The van der Waals surface area contributed by atoms with Crippen molar-refractivity contribution in [3.63, 3.8) is 0 Å². The quantitative estimate of drug-likeness (QED) is 0.582. The highest BCUT2D eigenvalue weighted by molar-refractivity contribution is 6.21. The number of aryl methyl sites for hydroxylation is 2. The van der Waals surface area contributed by atoms with Crippen LogP contribution in [0.5, 0.6) is 0 Å². The molecule has 5 amide bonds. The minimum atomic E-state index is -1.91. The smallest absolute Gasteiger partial charge is 0.425 e. The summed E-state index contributed by atoms with van der Waals surface area (Å²) >= 11 is 0. The number of urea groups is 1. The standard InChI is InChI=1S/C26H34N2O8/c1-15-8-10-16(11-9-15)12-13-26(18-14-17(18)19(29)30)20(31)27(22(33)35-24(2,3)4)21(32)28(26)23(34)36-25(5,6)7/h8-11,17-18H,12-14H2,1-7H3,(H,29,30)/t17-,18-,26?/m0/s1. The summed E-state index contributed by atoms with van der Waals surface area (Å²) in [5.74, 6) is -3.96. The van der Waals surface area contributed by atoms with E-state index in [1.54, 1.807) is 41.5 Å². The lowest BCUT2D eigenvalue weighted by Gasteiger charge is -2.35. The second-order valence-electron chi connectivity index (χ2n) is 11.4. The molecule has 1 unspecified atom stereocenters. The lowest BCUT2D eigenvalue weighted by atomic mass is 9.83. The summed E-state index contributed by atoms with van der Waals surface area (Å²) in [5.41, 5.74) is -2.10. The number of nitrogens with zero attached hydrogens (tertiary/aromatic N) is 2. The molecule has 196 valence electrons. The van der Waals surface area contributed by atoms with Crippen molar-refractivity contribution in [2.24, 2.45) is 11.8 Å². The fourth-order valence-corrected chi connectivity index (χ4v) is 4.48. The number of rotatable bonds is 5. The number of carboxylic acid groups (broad SMARTS) is 1. The molecule has 0 radical (unpaired) electrons. The van der Waals surface area contributed by atoms with Crippen molar-refractivity contribution in [2.45, 2.75) is 84.5 Å². The molecule has 1 saturated carbocycles. The number of carboxylic acids is 1. The zero-order chi connectivity index (χ0) is 27.2. The van der Waals surface area contributed by atoms with Crippen LogP contribution in [-0.4, -0.2) is 61.7 Å². The maximum Gasteiger partial charge on any atom is 0.425 e. The summed E-state index contributed by atoms with van der Waals surface area (Å²) in [4.78, 5) is 66.6. The van der Waals surface area contributed by atoms with Gasteiger partial charge in [-0.2, -0.15) is 4.90 Å². The van der Waals surface area contributed by atoms with Crippen LogP contribution in [0.2, 0.25) is 0 Å². The molecular formula is C26H34N2O8. The monoisotopic (exact) mass is 502 g/mol. The fraction of sp³-hybridized carbons (Fsp3) is 0.577. The molecule has 1 heterocycles. The number of ether oxygens (including phenoxy) is 2. The van der Waals surface area contributed by atoms with Crippen molar-refractivity contribution in [2.75, 3.05) is 0 Å². The second-order valence-corrected chi connectivity index (χ2v) is 11.4. The van der Waals surface area contributed by atoms with Crippen LogP contribution in [0.3, 0.4) is 0 Å². The first-order chi connectivity index (χ1) is 16.5. The van der Waals surface area contributed by atoms with Gasteiger partial charge in [0.15, 0.2) is 0 Å². The molecule has 0 bridgehead atoms. The maximum absolute atomic E-state index is 13.9. The fourth-order valence-electron chi connectivity index (χ4n) is 4.48. The van der Waals surface area contributed by atoms with Crippen molar-refractivity contribution in [3.8, 4) is 0 Å². The molecule has 1 aliphatic heterocycles. The first-order valence-corrected chi connectivity index (χ1v) is 11.9. The highest BCUT2D eigenvalue weighted by Crippen LogP contribution is 2.54.